The molecule has 1 fully saturated rings. The normalized spacial score (nSPS) is 13.4. The molecule has 0 bridgehead atoms. The maximum Gasteiger partial charge on any atom is 0.266 e. The molecule has 5 rings (SSSR count). The van der Waals surface area contributed by atoms with Crippen LogP contribution in [0.25, 0.3) is 16.6 Å². The molecule has 1 aliphatic heterocycles. The van der Waals surface area contributed by atoms with Gasteiger partial charge < -0.3 is 9.64 Å². The maximum atomic E-state index is 13.7. The smallest absolute Gasteiger partial charge is 0.266 e. The second-order valence-corrected chi connectivity index (χ2v) is 9.68. The summed E-state index contributed by atoms with van der Waals surface area (Å²) in [5.41, 5.74) is 3.96. The molecule has 0 atom stereocenters. The van der Waals surface area contributed by atoms with Crippen molar-refractivity contribution in [3.8, 4) is 11.4 Å². The summed E-state index contributed by atoms with van der Waals surface area (Å²) in [5.74, 6) is 1.32. The number of likely N-dealkylation sites (tertiary alicyclic amines) is 1. The first-order valence-corrected chi connectivity index (χ1v) is 12.7. The Balaban J connectivity index is 1.60. The number of aryl methyl sites for hydroxylation is 1. The molecule has 1 amide bonds. The number of hydrogen-bond acceptors (Lipinski definition) is 5. The van der Waals surface area contributed by atoms with E-state index in [9.17, 15) is 9.59 Å². The minimum absolute atomic E-state index is 0.00275. The Morgan fingerprint density at radius 3 is 2.54 bits per heavy atom. The van der Waals surface area contributed by atoms with Gasteiger partial charge >= 0.3 is 0 Å². The Morgan fingerprint density at radius 1 is 1.03 bits per heavy atom. The first-order valence-electron chi connectivity index (χ1n) is 11.7. The van der Waals surface area contributed by atoms with Crippen LogP contribution in [0.5, 0.6) is 5.75 Å². The predicted molar refractivity (Wildman–Crippen MR) is 140 cm³/mol. The molecular formula is C28H27N3O3S. The molecule has 2 heterocycles. The van der Waals surface area contributed by atoms with E-state index in [4.69, 9.17) is 9.72 Å². The molecule has 1 aromatic heterocycles. The number of benzene rings is 3. The number of fused-ring (bicyclic) bond motifs is 1. The van der Waals surface area contributed by atoms with E-state index in [1.165, 1.54) is 17.3 Å². The molecule has 0 radical (unpaired) electrons. The SMILES string of the molecule is COc1cccc(-n2c(SCc3ccc(C)cc3)nc3cc(C(=O)N4CCCC4)ccc3c2=O)c1. The summed E-state index contributed by atoms with van der Waals surface area (Å²) in [6, 6.07) is 21.0. The Hall–Kier alpha value is -3.58. The fourth-order valence-corrected chi connectivity index (χ4v) is 5.28. The van der Waals surface area contributed by atoms with E-state index in [-0.39, 0.29) is 11.5 Å². The number of nitrogens with zero attached hydrogens (tertiary/aromatic N) is 3. The summed E-state index contributed by atoms with van der Waals surface area (Å²) in [5, 5.41) is 1.05. The fourth-order valence-electron chi connectivity index (χ4n) is 4.31. The van der Waals surface area contributed by atoms with Crippen LogP contribution in [0.2, 0.25) is 0 Å². The van der Waals surface area contributed by atoms with Gasteiger partial charge in [0.05, 0.1) is 23.7 Å². The molecule has 1 saturated heterocycles. The van der Waals surface area contributed by atoms with Crippen molar-refractivity contribution < 1.29 is 9.53 Å². The third-order valence-corrected chi connectivity index (χ3v) is 7.29. The number of hydrogen-bond donors (Lipinski definition) is 0. The monoisotopic (exact) mass is 485 g/mol. The molecule has 0 N–H and O–H groups in total. The molecule has 7 heteroatoms. The van der Waals surface area contributed by atoms with Gasteiger partial charge in [-0.25, -0.2) is 4.98 Å². The molecule has 4 aromatic rings. The quantitative estimate of drug-likeness (QED) is 0.276. The molecule has 1 aliphatic rings. The van der Waals surface area contributed by atoms with Gasteiger partial charge in [0.2, 0.25) is 0 Å². The van der Waals surface area contributed by atoms with Gasteiger partial charge in [0.25, 0.3) is 11.5 Å². The van der Waals surface area contributed by atoms with Crippen LogP contribution in [0.15, 0.2) is 76.7 Å². The van der Waals surface area contributed by atoms with E-state index in [1.807, 2.05) is 29.2 Å². The minimum atomic E-state index is -0.171. The van der Waals surface area contributed by atoms with Gasteiger partial charge in [-0.3, -0.25) is 14.2 Å². The Bertz CT molecular complexity index is 1440. The van der Waals surface area contributed by atoms with Crippen LogP contribution in [0.3, 0.4) is 0 Å². The Morgan fingerprint density at radius 2 is 1.80 bits per heavy atom. The van der Waals surface area contributed by atoms with Gasteiger partial charge in [0.1, 0.15) is 5.75 Å². The lowest BCUT2D eigenvalue weighted by Gasteiger charge is -2.17. The highest BCUT2D eigenvalue weighted by Crippen LogP contribution is 2.27. The van der Waals surface area contributed by atoms with E-state index in [1.54, 1.807) is 29.9 Å². The van der Waals surface area contributed by atoms with Gasteiger partial charge in [-0.1, -0.05) is 47.7 Å². The van der Waals surface area contributed by atoms with Crippen LogP contribution in [0.4, 0.5) is 0 Å². The van der Waals surface area contributed by atoms with Crippen molar-refractivity contribution in [1.82, 2.24) is 14.5 Å². The van der Waals surface area contributed by atoms with Crippen LogP contribution < -0.4 is 10.3 Å². The lowest BCUT2D eigenvalue weighted by molar-refractivity contribution is 0.0793. The van der Waals surface area contributed by atoms with Gasteiger partial charge in [-0.15, -0.1) is 0 Å². The lowest BCUT2D eigenvalue weighted by atomic mass is 10.1. The van der Waals surface area contributed by atoms with Crippen molar-refractivity contribution in [1.29, 1.82) is 0 Å². The van der Waals surface area contributed by atoms with E-state index < -0.39 is 0 Å². The van der Waals surface area contributed by atoms with Crippen LogP contribution in [0, 0.1) is 6.92 Å². The largest absolute Gasteiger partial charge is 0.497 e. The summed E-state index contributed by atoms with van der Waals surface area (Å²) < 4.78 is 7.02. The average molecular weight is 486 g/mol. The zero-order valence-electron chi connectivity index (χ0n) is 19.9. The maximum absolute atomic E-state index is 13.7. The van der Waals surface area contributed by atoms with Crippen molar-refractivity contribution in [3.63, 3.8) is 0 Å². The van der Waals surface area contributed by atoms with Gasteiger partial charge in [-0.2, -0.15) is 0 Å². The minimum Gasteiger partial charge on any atom is -0.497 e. The number of ether oxygens (including phenoxy) is 1. The zero-order chi connectivity index (χ0) is 24.4. The number of aromatic nitrogens is 2. The summed E-state index contributed by atoms with van der Waals surface area (Å²) in [4.78, 5) is 33.4. The van der Waals surface area contributed by atoms with Crippen LogP contribution in [0.1, 0.15) is 34.3 Å². The topological polar surface area (TPSA) is 64.4 Å². The standard InChI is InChI=1S/C28H27N3O3S/c1-19-8-10-20(11-9-19)18-35-28-29-25-16-21(26(32)30-14-3-4-15-30)12-13-24(25)27(33)31(28)22-6-5-7-23(17-22)34-2/h5-13,16-17H,3-4,14-15,18H2,1-2H3. The van der Waals surface area contributed by atoms with Crippen molar-refractivity contribution >= 4 is 28.6 Å². The molecular weight excluding hydrogens is 458 g/mol. The highest BCUT2D eigenvalue weighted by Gasteiger charge is 2.21. The van der Waals surface area contributed by atoms with E-state index in [0.29, 0.717) is 38.8 Å². The second kappa shape index (κ2) is 9.96. The fraction of sp³-hybridized carbons (Fsp3) is 0.250. The molecule has 0 aliphatic carbocycles. The molecule has 0 spiro atoms. The summed E-state index contributed by atoms with van der Waals surface area (Å²) in [7, 11) is 1.60. The number of thioether (sulfide) groups is 1. The third kappa shape index (κ3) is 4.82. The van der Waals surface area contributed by atoms with Gasteiger partial charge in [0.15, 0.2) is 5.16 Å². The Labute approximate surface area is 208 Å². The van der Waals surface area contributed by atoms with Gasteiger partial charge in [-0.05, 0) is 55.7 Å². The van der Waals surface area contributed by atoms with Crippen molar-refractivity contribution in [3.05, 3.63) is 93.8 Å². The van der Waals surface area contributed by atoms with Crippen LogP contribution in [-0.2, 0) is 5.75 Å². The van der Waals surface area contributed by atoms with E-state index >= 15 is 0 Å². The Kier molecular flexibility index (Phi) is 6.59. The molecule has 0 unspecified atom stereocenters. The van der Waals surface area contributed by atoms with Crippen LogP contribution >= 0.6 is 11.8 Å². The summed E-state index contributed by atoms with van der Waals surface area (Å²) in [6.07, 6.45) is 2.06. The lowest BCUT2D eigenvalue weighted by Crippen LogP contribution is -2.28. The molecule has 6 nitrogen and oxygen atoms in total. The zero-order valence-corrected chi connectivity index (χ0v) is 20.7. The number of amides is 1. The molecule has 0 saturated carbocycles. The van der Waals surface area contributed by atoms with Crippen LogP contribution in [-0.4, -0.2) is 40.6 Å². The predicted octanol–water partition coefficient (Wildman–Crippen LogP) is 5.23. The highest BCUT2D eigenvalue weighted by atomic mass is 32.2. The first-order chi connectivity index (χ1) is 17.0. The first kappa shape index (κ1) is 23.2. The summed E-state index contributed by atoms with van der Waals surface area (Å²) >= 11 is 1.50. The second-order valence-electron chi connectivity index (χ2n) is 8.74. The molecule has 35 heavy (non-hydrogen) atoms. The number of rotatable bonds is 6. The number of carbonyl (C=O) groups is 1. The highest BCUT2D eigenvalue weighted by molar-refractivity contribution is 7.98. The molecule has 178 valence electrons. The van der Waals surface area contributed by atoms with Crippen molar-refractivity contribution in [2.24, 2.45) is 0 Å². The van der Waals surface area contributed by atoms with E-state index in [2.05, 4.69) is 31.2 Å². The number of methoxy groups -OCH3 is 1. The van der Waals surface area contributed by atoms with Crippen molar-refractivity contribution in [2.75, 3.05) is 20.2 Å². The molecule has 3 aromatic carbocycles. The summed E-state index contributed by atoms with van der Waals surface area (Å²) in [6.45, 7) is 3.61. The third-order valence-electron chi connectivity index (χ3n) is 6.28. The van der Waals surface area contributed by atoms with Gasteiger partial charge in [0, 0.05) is 30.5 Å². The number of carbonyl (C=O) groups excluding carboxylic acids is 1. The van der Waals surface area contributed by atoms with Crippen molar-refractivity contribution in [2.45, 2.75) is 30.7 Å². The van der Waals surface area contributed by atoms with E-state index in [0.717, 1.165) is 31.5 Å². The average Bonchev–Trinajstić information content (AvgIpc) is 3.43.